The molecule has 1 aliphatic heterocycles. The Balaban J connectivity index is 1.80. The summed E-state index contributed by atoms with van der Waals surface area (Å²) in [6, 6.07) is 17.8. The first-order valence-corrected chi connectivity index (χ1v) is 7.40. The van der Waals surface area contributed by atoms with Gasteiger partial charge in [-0.05, 0) is 12.1 Å². The van der Waals surface area contributed by atoms with Crippen molar-refractivity contribution in [2.24, 2.45) is 12.0 Å². The van der Waals surface area contributed by atoms with Crippen LogP contribution in [0, 0.1) is 0 Å². The molecule has 1 aliphatic rings. The molecule has 1 aromatic heterocycles. The third-order valence-electron chi connectivity index (χ3n) is 3.97. The van der Waals surface area contributed by atoms with E-state index in [-0.39, 0.29) is 5.88 Å². The van der Waals surface area contributed by atoms with Crippen LogP contribution in [0.15, 0.2) is 59.6 Å². The van der Waals surface area contributed by atoms with Gasteiger partial charge in [-0.3, -0.25) is 9.56 Å². The minimum absolute atomic E-state index is 0.147. The van der Waals surface area contributed by atoms with Crippen LogP contribution in [-0.2, 0) is 7.05 Å². The fourth-order valence-corrected chi connectivity index (χ4v) is 2.75. The highest BCUT2D eigenvalue weighted by atomic mass is 16.3. The Hall–Kier alpha value is -3.14. The van der Waals surface area contributed by atoms with Crippen LogP contribution in [0.3, 0.4) is 0 Å². The molecule has 0 atom stereocenters. The second-order valence-electron chi connectivity index (χ2n) is 5.44. The molecule has 1 N–H and O–H groups in total. The first kappa shape index (κ1) is 13.5. The van der Waals surface area contributed by atoms with Crippen LogP contribution in [0.2, 0.25) is 0 Å². The lowest BCUT2D eigenvalue weighted by atomic mass is 10.1. The summed E-state index contributed by atoms with van der Waals surface area (Å²) in [5.41, 5.74) is 4.46. The molecule has 0 saturated carbocycles. The predicted molar refractivity (Wildman–Crippen MR) is 92.8 cm³/mol. The van der Waals surface area contributed by atoms with Crippen molar-refractivity contribution in [3.63, 3.8) is 0 Å². The Kier molecular flexibility index (Phi) is 3.08. The summed E-state index contributed by atoms with van der Waals surface area (Å²) in [4.78, 5) is 8.98. The van der Waals surface area contributed by atoms with Crippen molar-refractivity contribution in [3.05, 3.63) is 65.9 Å². The first-order valence-electron chi connectivity index (χ1n) is 7.40. The average Bonchev–Trinajstić information content (AvgIpc) is 3.13. The van der Waals surface area contributed by atoms with Crippen LogP contribution in [0.25, 0.3) is 23.0 Å². The van der Waals surface area contributed by atoms with Gasteiger partial charge in [-0.25, -0.2) is 4.98 Å². The Labute approximate surface area is 134 Å². The van der Waals surface area contributed by atoms with E-state index in [0.717, 1.165) is 28.2 Å². The zero-order valence-corrected chi connectivity index (χ0v) is 12.6. The van der Waals surface area contributed by atoms with Crippen molar-refractivity contribution in [1.29, 1.82) is 0 Å². The molecule has 0 aliphatic carbocycles. The summed E-state index contributed by atoms with van der Waals surface area (Å²) in [5, 5.41) is 10.4. The van der Waals surface area contributed by atoms with Crippen LogP contribution in [0.1, 0.15) is 11.3 Å². The molecule has 2 heterocycles. The maximum absolute atomic E-state index is 10.4. The van der Waals surface area contributed by atoms with Gasteiger partial charge in [-0.15, -0.1) is 0 Å². The number of nitrogens with zero attached hydrogens (tertiary/aromatic N) is 3. The average molecular weight is 301 g/mol. The molecule has 112 valence electrons. The predicted octanol–water partition coefficient (Wildman–Crippen LogP) is 4.05. The van der Waals surface area contributed by atoms with Crippen molar-refractivity contribution in [1.82, 2.24) is 9.55 Å². The largest absolute Gasteiger partial charge is 0.493 e. The van der Waals surface area contributed by atoms with Gasteiger partial charge >= 0.3 is 0 Å². The molecule has 4 heteroatoms. The third-order valence-corrected chi connectivity index (χ3v) is 3.97. The molecule has 0 fully saturated rings. The molecule has 0 unspecified atom stereocenters. The normalized spacial score (nSPS) is 14.4. The van der Waals surface area contributed by atoms with Gasteiger partial charge in [0.2, 0.25) is 5.88 Å². The molecule has 2 aromatic carbocycles. The number of rotatable bonds is 2. The SMILES string of the molecule is Cn1c(-c2ccccc2)nc(C=C2C=Nc3ccccc32)c1O. The van der Waals surface area contributed by atoms with Crippen molar-refractivity contribution < 1.29 is 5.11 Å². The molecule has 4 rings (SSSR count). The number of para-hydroxylation sites is 1. The summed E-state index contributed by atoms with van der Waals surface area (Å²) in [6.45, 7) is 0. The van der Waals surface area contributed by atoms with Gasteiger partial charge in [0, 0.05) is 30.0 Å². The second-order valence-corrected chi connectivity index (χ2v) is 5.44. The van der Waals surface area contributed by atoms with Gasteiger partial charge in [0.1, 0.15) is 11.5 Å². The van der Waals surface area contributed by atoms with E-state index in [1.807, 2.05) is 67.7 Å². The van der Waals surface area contributed by atoms with Crippen molar-refractivity contribution >= 4 is 23.6 Å². The standard InChI is InChI=1S/C19H15N3O/c1-22-18(13-7-3-2-4-8-13)21-17(19(22)23)11-14-12-20-16-10-6-5-9-15(14)16/h2-12,23H,1H3. The van der Waals surface area contributed by atoms with E-state index in [1.54, 1.807) is 10.8 Å². The maximum atomic E-state index is 10.4. The minimum atomic E-state index is 0.147. The van der Waals surface area contributed by atoms with Gasteiger partial charge in [-0.1, -0.05) is 48.5 Å². The van der Waals surface area contributed by atoms with Crippen molar-refractivity contribution in [3.8, 4) is 17.3 Å². The highest BCUT2D eigenvalue weighted by Gasteiger charge is 2.16. The van der Waals surface area contributed by atoms with Gasteiger partial charge in [-0.2, -0.15) is 0 Å². The van der Waals surface area contributed by atoms with Gasteiger partial charge in [0.05, 0.1) is 5.69 Å². The summed E-state index contributed by atoms with van der Waals surface area (Å²) in [5.74, 6) is 0.882. The fourth-order valence-electron chi connectivity index (χ4n) is 2.75. The molecule has 0 saturated heterocycles. The molecule has 0 spiro atoms. The van der Waals surface area contributed by atoms with Crippen LogP contribution in [-0.4, -0.2) is 20.9 Å². The molecule has 0 bridgehead atoms. The van der Waals surface area contributed by atoms with E-state index in [0.29, 0.717) is 5.69 Å². The van der Waals surface area contributed by atoms with Crippen LogP contribution in [0.5, 0.6) is 5.88 Å². The summed E-state index contributed by atoms with van der Waals surface area (Å²) < 4.78 is 1.69. The molecular weight excluding hydrogens is 286 g/mol. The fraction of sp³-hybridized carbons (Fsp3) is 0.0526. The Morgan fingerprint density at radius 3 is 2.57 bits per heavy atom. The van der Waals surface area contributed by atoms with Gasteiger partial charge in [0.25, 0.3) is 0 Å². The van der Waals surface area contributed by atoms with Crippen molar-refractivity contribution in [2.45, 2.75) is 0 Å². The number of hydrogen-bond acceptors (Lipinski definition) is 3. The number of benzene rings is 2. The maximum Gasteiger partial charge on any atom is 0.219 e. The number of hydrogen-bond donors (Lipinski definition) is 1. The Morgan fingerprint density at radius 2 is 1.74 bits per heavy atom. The minimum Gasteiger partial charge on any atom is -0.493 e. The van der Waals surface area contributed by atoms with E-state index in [9.17, 15) is 5.11 Å². The quantitative estimate of drug-likeness (QED) is 0.776. The molecule has 0 radical (unpaired) electrons. The first-order chi connectivity index (χ1) is 11.2. The Morgan fingerprint density at radius 1 is 1.00 bits per heavy atom. The van der Waals surface area contributed by atoms with Crippen LogP contribution >= 0.6 is 0 Å². The number of fused-ring (bicyclic) bond motifs is 1. The van der Waals surface area contributed by atoms with E-state index >= 15 is 0 Å². The van der Waals surface area contributed by atoms with Gasteiger partial charge < -0.3 is 5.11 Å². The summed E-state index contributed by atoms with van der Waals surface area (Å²) in [6.07, 6.45) is 3.68. The smallest absolute Gasteiger partial charge is 0.219 e. The van der Waals surface area contributed by atoms with Crippen LogP contribution in [0.4, 0.5) is 5.69 Å². The highest BCUT2D eigenvalue weighted by Crippen LogP contribution is 2.34. The zero-order valence-electron chi connectivity index (χ0n) is 12.6. The summed E-state index contributed by atoms with van der Waals surface area (Å²) in [7, 11) is 1.81. The summed E-state index contributed by atoms with van der Waals surface area (Å²) >= 11 is 0. The molecule has 3 aromatic rings. The molecular formula is C19H15N3O. The molecule has 4 nitrogen and oxygen atoms in total. The number of aromatic hydroxyl groups is 1. The Bertz CT molecular complexity index is 937. The topological polar surface area (TPSA) is 50.4 Å². The van der Waals surface area contributed by atoms with Crippen molar-refractivity contribution in [2.75, 3.05) is 0 Å². The molecule has 0 amide bonds. The van der Waals surface area contributed by atoms with E-state index in [4.69, 9.17) is 0 Å². The number of imidazole rings is 1. The monoisotopic (exact) mass is 301 g/mol. The van der Waals surface area contributed by atoms with E-state index in [1.165, 1.54) is 0 Å². The third kappa shape index (κ3) is 2.25. The van der Waals surface area contributed by atoms with E-state index in [2.05, 4.69) is 9.98 Å². The lowest BCUT2D eigenvalue weighted by molar-refractivity contribution is 0.432. The van der Waals surface area contributed by atoms with E-state index < -0.39 is 0 Å². The second kappa shape index (κ2) is 5.25. The lowest BCUT2D eigenvalue weighted by Crippen LogP contribution is -1.91. The molecule has 23 heavy (non-hydrogen) atoms. The zero-order chi connectivity index (χ0) is 15.8. The number of aromatic nitrogens is 2. The number of aliphatic imine (C=N–C) groups is 1. The number of allylic oxidation sites excluding steroid dienone is 1. The van der Waals surface area contributed by atoms with Gasteiger partial charge in [0.15, 0.2) is 0 Å². The van der Waals surface area contributed by atoms with Crippen LogP contribution < -0.4 is 0 Å². The lowest BCUT2D eigenvalue weighted by Gasteiger charge is -2.01. The highest BCUT2D eigenvalue weighted by molar-refractivity contribution is 6.21.